The first kappa shape index (κ1) is 33.3. The Hall–Kier alpha value is -5.64. The van der Waals surface area contributed by atoms with Crippen LogP contribution < -0.4 is 19.5 Å². The van der Waals surface area contributed by atoms with E-state index in [1.165, 1.54) is 17.0 Å². The summed E-state index contributed by atoms with van der Waals surface area (Å²) in [6, 6.07) is 26.8. The normalized spacial score (nSPS) is 10.5. The van der Waals surface area contributed by atoms with Gasteiger partial charge in [0.2, 0.25) is 5.91 Å². The number of rotatable bonds is 15. The van der Waals surface area contributed by atoms with E-state index >= 15 is 0 Å². The summed E-state index contributed by atoms with van der Waals surface area (Å²) < 4.78 is 16.4. The van der Waals surface area contributed by atoms with E-state index in [1.807, 2.05) is 12.1 Å². The van der Waals surface area contributed by atoms with Crippen LogP contribution in [-0.4, -0.2) is 54.0 Å². The number of ether oxygens (including phenoxy) is 3. The highest BCUT2D eigenvalue weighted by Gasteiger charge is 2.20. The Kier molecular flexibility index (Phi) is 11.9. The topological polar surface area (TPSA) is 131 Å². The summed E-state index contributed by atoms with van der Waals surface area (Å²) in [6.45, 7) is 2.03. The van der Waals surface area contributed by atoms with Crippen molar-refractivity contribution >= 4 is 29.4 Å². The SMILES string of the molecule is CCCCOc1ccccc1C(=O)Oc1ccc(CN(CC(=O)O)C(=O)c2ccc(NC(=O)Cc3ccc(OC)cc3)cc2)cc1. The number of carbonyl (C=O) groups is 4. The molecular formula is C36H36N2O8. The van der Waals surface area contributed by atoms with Crippen molar-refractivity contribution in [1.82, 2.24) is 4.90 Å². The summed E-state index contributed by atoms with van der Waals surface area (Å²) in [5.41, 5.74) is 2.53. The van der Waals surface area contributed by atoms with Gasteiger partial charge in [0.15, 0.2) is 0 Å². The molecule has 0 heterocycles. The maximum Gasteiger partial charge on any atom is 0.347 e. The molecule has 0 atom stereocenters. The van der Waals surface area contributed by atoms with E-state index < -0.39 is 24.4 Å². The molecule has 4 aromatic rings. The van der Waals surface area contributed by atoms with E-state index in [9.17, 15) is 24.3 Å². The van der Waals surface area contributed by atoms with Gasteiger partial charge in [-0.1, -0.05) is 49.7 Å². The Morgan fingerprint density at radius 1 is 0.804 bits per heavy atom. The Balaban J connectivity index is 1.36. The predicted octanol–water partition coefficient (Wildman–Crippen LogP) is 6.00. The zero-order chi connectivity index (χ0) is 32.9. The fourth-order valence-electron chi connectivity index (χ4n) is 4.51. The van der Waals surface area contributed by atoms with Crippen molar-refractivity contribution in [3.05, 3.63) is 119 Å². The molecule has 0 saturated heterocycles. The molecule has 0 saturated carbocycles. The molecule has 0 aliphatic carbocycles. The predicted molar refractivity (Wildman–Crippen MR) is 172 cm³/mol. The minimum atomic E-state index is -1.17. The summed E-state index contributed by atoms with van der Waals surface area (Å²) in [7, 11) is 1.57. The van der Waals surface area contributed by atoms with Crippen molar-refractivity contribution in [2.24, 2.45) is 0 Å². The van der Waals surface area contributed by atoms with Crippen LogP contribution in [0.4, 0.5) is 5.69 Å². The van der Waals surface area contributed by atoms with Crippen molar-refractivity contribution in [2.75, 3.05) is 25.6 Å². The lowest BCUT2D eigenvalue weighted by Gasteiger charge is -2.21. The molecule has 0 fully saturated rings. The third kappa shape index (κ3) is 9.68. The van der Waals surface area contributed by atoms with Crippen LogP contribution in [0.25, 0.3) is 0 Å². The second-order valence-corrected chi connectivity index (χ2v) is 10.4. The van der Waals surface area contributed by atoms with Crippen molar-refractivity contribution in [3.63, 3.8) is 0 Å². The molecule has 4 rings (SSSR count). The third-order valence-electron chi connectivity index (χ3n) is 6.92. The third-order valence-corrected chi connectivity index (χ3v) is 6.92. The van der Waals surface area contributed by atoms with E-state index in [4.69, 9.17) is 14.2 Å². The number of nitrogens with one attached hydrogen (secondary N) is 1. The molecule has 0 radical (unpaired) electrons. The van der Waals surface area contributed by atoms with Crippen LogP contribution in [0.1, 0.15) is 51.6 Å². The van der Waals surface area contributed by atoms with Crippen LogP contribution in [0.2, 0.25) is 0 Å². The van der Waals surface area contributed by atoms with E-state index in [0.29, 0.717) is 34.9 Å². The highest BCUT2D eigenvalue weighted by atomic mass is 16.5. The van der Waals surface area contributed by atoms with Crippen LogP contribution in [0.15, 0.2) is 97.1 Å². The Bertz CT molecular complexity index is 1630. The van der Waals surface area contributed by atoms with Gasteiger partial charge >= 0.3 is 11.9 Å². The average Bonchev–Trinajstić information content (AvgIpc) is 3.06. The highest BCUT2D eigenvalue weighted by Crippen LogP contribution is 2.22. The van der Waals surface area contributed by atoms with E-state index in [1.54, 1.807) is 79.9 Å². The Morgan fingerprint density at radius 3 is 2.11 bits per heavy atom. The molecule has 0 bridgehead atoms. The molecule has 0 unspecified atom stereocenters. The Morgan fingerprint density at radius 2 is 1.46 bits per heavy atom. The number of nitrogens with zero attached hydrogens (tertiary/aromatic N) is 1. The maximum atomic E-state index is 13.3. The first-order valence-electron chi connectivity index (χ1n) is 14.8. The first-order chi connectivity index (χ1) is 22.2. The number of methoxy groups -OCH3 is 1. The van der Waals surface area contributed by atoms with Gasteiger partial charge in [0.1, 0.15) is 29.4 Å². The number of aliphatic carboxylic acids is 1. The Labute approximate surface area is 267 Å². The van der Waals surface area contributed by atoms with Gasteiger partial charge in [-0.05, 0) is 78.2 Å². The minimum absolute atomic E-state index is 0.00775. The minimum Gasteiger partial charge on any atom is -0.497 e. The fraction of sp³-hybridized carbons (Fsp3) is 0.222. The number of carboxylic acids is 1. The molecule has 46 heavy (non-hydrogen) atoms. The number of benzene rings is 4. The summed E-state index contributed by atoms with van der Waals surface area (Å²) in [4.78, 5) is 51.4. The summed E-state index contributed by atoms with van der Waals surface area (Å²) in [5, 5.41) is 12.3. The average molecular weight is 625 g/mol. The molecule has 0 aromatic heterocycles. The maximum absolute atomic E-state index is 13.3. The van der Waals surface area contributed by atoms with Crippen molar-refractivity contribution in [1.29, 1.82) is 0 Å². The monoisotopic (exact) mass is 624 g/mol. The fourth-order valence-corrected chi connectivity index (χ4v) is 4.51. The number of carbonyl (C=O) groups excluding carboxylic acids is 3. The molecule has 10 heteroatoms. The summed E-state index contributed by atoms with van der Waals surface area (Å²) >= 11 is 0. The van der Waals surface area contributed by atoms with Crippen LogP contribution in [0.3, 0.4) is 0 Å². The zero-order valence-electron chi connectivity index (χ0n) is 25.7. The van der Waals surface area contributed by atoms with Crippen molar-refractivity contribution in [2.45, 2.75) is 32.7 Å². The number of unbranched alkanes of at least 4 members (excludes halogenated alkanes) is 1. The van der Waals surface area contributed by atoms with Crippen molar-refractivity contribution < 1.29 is 38.5 Å². The van der Waals surface area contributed by atoms with Crippen molar-refractivity contribution in [3.8, 4) is 17.2 Å². The second kappa shape index (κ2) is 16.4. The largest absolute Gasteiger partial charge is 0.497 e. The molecule has 0 aliphatic heterocycles. The van der Waals surface area contributed by atoms with Crippen LogP contribution >= 0.6 is 0 Å². The van der Waals surface area contributed by atoms with E-state index in [0.717, 1.165) is 18.4 Å². The lowest BCUT2D eigenvalue weighted by atomic mass is 10.1. The quantitative estimate of drug-likeness (QED) is 0.0935. The van der Waals surface area contributed by atoms with Gasteiger partial charge < -0.3 is 29.5 Å². The van der Waals surface area contributed by atoms with Crippen LogP contribution in [0, 0.1) is 0 Å². The molecule has 2 amide bonds. The number of hydrogen-bond donors (Lipinski definition) is 2. The molecule has 0 aliphatic rings. The van der Waals surface area contributed by atoms with Crippen LogP contribution in [0.5, 0.6) is 17.2 Å². The van der Waals surface area contributed by atoms with Gasteiger partial charge in [-0.3, -0.25) is 14.4 Å². The molecule has 4 aromatic carbocycles. The molecule has 10 nitrogen and oxygen atoms in total. The van der Waals surface area contributed by atoms with Gasteiger partial charge in [-0.25, -0.2) is 4.79 Å². The van der Waals surface area contributed by atoms with Gasteiger partial charge in [-0.15, -0.1) is 0 Å². The summed E-state index contributed by atoms with van der Waals surface area (Å²) in [6.07, 6.45) is 1.99. The number of carboxylic acid groups (broad SMARTS) is 1. The molecule has 2 N–H and O–H groups in total. The number of anilines is 1. The number of esters is 1. The van der Waals surface area contributed by atoms with Gasteiger partial charge in [0.25, 0.3) is 5.91 Å². The van der Waals surface area contributed by atoms with Gasteiger partial charge in [0.05, 0.1) is 20.1 Å². The van der Waals surface area contributed by atoms with Crippen LogP contribution in [-0.2, 0) is 22.6 Å². The zero-order valence-corrected chi connectivity index (χ0v) is 25.7. The lowest BCUT2D eigenvalue weighted by molar-refractivity contribution is -0.137. The molecular weight excluding hydrogens is 588 g/mol. The first-order valence-corrected chi connectivity index (χ1v) is 14.8. The number of para-hydroxylation sites is 1. The highest BCUT2D eigenvalue weighted by molar-refractivity contribution is 5.97. The summed E-state index contributed by atoms with van der Waals surface area (Å²) in [5.74, 6) is -1.01. The second-order valence-electron chi connectivity index (χ2n) is 10.4. The van der Waals surface area contributed by atoms with E-state index in [-0.39, 0.29) is 30.2 Å². The number of amides is 2. The lowest BCUT2D eigenvalue weighted by Crippen LogP contribution is -2.35. The number of hydrogen-bond acceptors (Lipinski definition) is 7. The van der Waals surface area contributed by atoms with E-state index in [2.05, 4.69) is 12.2 Å². The molecule has 238 valence electrons. The van der Waals surface area contributed by atoms with Gasteiger partial charge in [0, 0.05) is 17.8 Å². The smallest absolute Gasteiger partial charge is 0.347 e. The standard InChI is InChI=1S/C36H36N2O8/c1-3-4-21-45-32-8-6-5-7-31(32)36(43)46-30-19-11-26(12-20-30)23-38(24-34(40)41)35(42)27-13-15-28(16-14-27)37-33(39)22-25-9-17-29(44-2)18-10-25/h5-20H,3-4,21-24H2,1-2H3,(H,37,39)(H,40,41). The molecule has 0 spiro atoms. The van der Waals surface area contributed by atoms with Gasteiger partial charge in [-0.2, -0.15) is 0 Å².